The Morgan fingerprint density at radius 2 is 1.30 bits per heavy atom. The van der Waals surface area contributed by atoms with Crippen LogP contribution in [0, 0.1) is 5.92 Å². The highest BCUT2D eigenvalue weighted by molar-refractivity contribution is 5.92. The SMILES string of the molecule is CC(=O)COCC(=O)NCCOCCNC(=O)C(c1ccccc1)(c1ccccc1)C(C)C. The van der Waals surface area contributed by atoms with Crippen molar-refractivity contribution in [1.82, 2.24) is 10.6 Å². The Morgan fingerprint density at radius 1 is 0.788 bits per heavy atom. The van der Waals surface area contributed by atoms with Crippen LogP contribution in [0.25, 0.3) is 0 Å². The van der Waals surface area contributed by atoms with E-state index in [0.29, 0.717) is 26.3 Å². The third-order valence-corrected chi connectivity index (χ3v) is 5.32. The smallest absolute Gasteiger partial charge is 0.246 e. The van der Waals surface area contributed by atoms with Crippen LogP contribution in [0.1, 0.15) is 31.9 Å². The fraction of sp³-hybridized carbons (Fsp3) is 0.423. The summed E-state index contributed by atoms with van der Waals surface area (Å²) in [6.45, 7) is 6.57. The van der Waals surface area contributed by atoms with Gasteiger partial charge in [-0.3, -0.25) is 14.4 Å². The van der Waals surface area contributed by atoms with E-state index >= 15 is 0 Å². The molecule has 2 rings (SSSR count). The summed E-state index contributed by atoms with van der Waals surface area (Å²) in [5, 5.41) is 5.69. The van der Waals surface area contributed by atoms with Crippen LogP contribution >= 0.6 is 0 Å². The first-order chi connectivity index (χ1) is 15.9. The maximum absolute atomic E-state index is 13.6. The standard InChI is InChI=1S/C26H34N2O5/c1-20(2)26(22-10-6-4-7-11-22,23-12-8-5-9-13-23)25(31)28-15-17-32-16-14-27-24(30)19-33-18-21(3)29/h4-13,20H,14-19H2,1-3H3,(H,27,30)(H,28,31). The van der Waals surface area contributed by atoms with Crippen LogP contribution < -0.4 is 10.6 Å². The number of hydrogen-bond donors (Lipinski definition) is 2. The van der Waals surface area contributed by atoms with Crippen LogP contribution in [0.5, 0.6) is 0 Å². The average molecular weight is 455 g/mol. The number of amides is 2. The molecule has 2 aromatic rings. The second kappa shape index (κ2) is 13.5. The molecule has 0 saturated carbocycles. The third kappa shape index (κ3) is 7.51. The second-order valence-electron chi connectivity index (χ2n) is 8.11. The monoisotopic (exact) mass is 454 g/mol. The van der Waals surface area contributed by atoms with E-state index in [1.807, 2.05) is 60.7 Å². The lowest BCUT2D eigenvalue weighted by molar-refractivity contribution is -0.129. The highest BCUT2D eigenvalue weighted by atomic mass is 16.5. The summed E-state index contributed by atoms with van der Waals surface area (Å²) in [7, 11) is 0. The van der Waals surface area contributed by atoms with E-state index in [-0.39, 0.29) is 36.7 Å². The number of rotatable bonds is 14. The third-order valence-electron chi connectivity index (χ3n) is 5.32. The van der Waals surface area contributed by atoms with Gasteiger partial charge in [-0.25, -0.2) is 0 Å². The van der Waals surface area contributed by atoms with Crippen molar-refractivity contribution in [2.45, 2.75) is 26.2 Å². The highest BCUT2D eigenvalue weighted by Gasteiger charge is 2.44. The van der Waals surface area contributed by atoms with Crippen molar-refractivity contribution in [1.29, 1.82) is 0 Å². The van der Waals surface area contributed by atoms with Crippen molar-refractivity contribution in [3.05, 3.63) is 71.8 Å². The van der Waals surface area contributed by atoms with Crippen LogP contribution in [0.3, 0.4) is 0 Å². The van der Waals surface area contributed by atoms with Gasteiger partial charge in [-0.2, -0.15) is 0 Å². The van der Waals surface area contributed by atoms with Crippen LogP contribution in [-0.4, -0.2) is 57.1 Å². The molecular weight excluding hydrogens is 420 g/mol. The second-order valence-corrected chi connectivity index (χ2v) is 8.11. The number of carbonyl (C=O) groups excluding carboxylic acids is 3. The maximum Gasteiger partial charge on any atom is 0.246 e. The van der Waals surface area contributed by atoms with Gasteiger partial charge in [0.05, 0.1) is 13.2 Å². The molecule has 0 aliphatic rings. The molecule has 0 heterocycles. The molecule has 178 valence electrons. The van der Waals surface area contributed by atoms with E-state index in [2.05, 4.69) is 24.5 Å². The summed E-state index contributed by atoms with van der Waals surface area (Å²) in [4.78, 5) is 35.9. The maximum atomic E-state index is 13.6. The molecule has 7 heteroatoms. The molecule has 2 amide bonds. The first kappa shape index (κ1) is 26.2. The molecule has 0 spiro atoms. The Bertz CT molecular complexity index is 845. The van der Waals surface area contributed by atoms with Crippen molar-refractivity contribution < 1.29 is 23.9 Å². The molecule has 0 bridgehead atoms. The predicted molar refractivity (Wildman–Crippen MR) is 127 cm³/mol. The fourth-order valence-electron chi connectivity index (χ4n) is 3.84. The van der Waals surface area contributed by atoms with Crippen LogP contribution in [-0.2, 0) is 29.3 Å². The minimum Gasteiger partial charge on any atom is -0.378 e. The Morgan fingerprint density at radius 3 is 1.79 bits per heavy atom. The molecule has 0 aliphatic heterocycles. The Balaban J connectivity index is 1.88. The van der Waals surface area contributed by atoms with Crippen molar-refractivity contribution in [3.63, 3.8) is 0 Å². The zero-order chi connectivity index (χ0) is 24.1. The lowest BCUT2D eigenvalue weighted by Gasteiger charge is -2.37. The lowest BCUT2D eigenvalue weighted by Crippen LogP contribution is -2.49. The normalized spacial score (nSPS) is 11.3. The molecular formula is C26H34N2O5. The van der Waals surface area contributed by atoms with Gasteiger partial charge >= 0.3 is 0 Å². The first-order valence-corrected chi connectivity index (χ1v) is 11.2. The van der Waals surface area contributed by atoms with E-state index in [9.17, 15) is 14.4 Å². The Labute approximate surface area is 195 Å². The van der Waals surface area contributed by atoms with Gasteiger partial charge in [-0.1, -0.05) is 74.5 Å². The highest BCUT2D eigenvalue weighted by Crippen LogP contribution is 2.39. The summed E-state index contributed by atoms with van der Waals surface area (Å²) in [5.74, 6) is -0.493. The molecule has 0 aliphatic carbocycles. The summed E-state index contributed by atoms with van der Waals surface area (Å²) in [6.07, 6.45) is 0. The van der Waals surface area contributed by atoms with E-state index in [1.165, 1.54) is 6.92 Å². The van der Waals surface area contributed by atoms with E-state index in [1.54, 1.807) is 0 Å². The molecule has 0 aromatic heterocycles. The average Bonchev–Trinajstić information content (AvgIpc) is 2.80. The molecule has 2 N–H and O–H groups in total. The van der Waals surface area contributed by atoms with E-state index in [4.69, 9.17) is 9.47 Å². The summed E-state index contributed by atoms with van der Waals surface area (Å²) in [6, 6.07) is 19.7. The molecule has 0 radical (unpaired) electrons. The van der Waals surface area contributed by atoms with Gasteiger partial charge in [0.25, 0.3) is 0 Å². The van der Waals surface area contributed by atoms with E-state index < -0.39 is 5.41 Å². The van der Waals surface area contributed by atoms with Crippen molar-refractivity contribution >= 4 is 17.6 Å². The van der Waals surface area contributed by atoms with Crippen LogP contribution in [0.2, 0.25) is 0 Å². The van der Waals surface area contributed by atoms with Gasteiger partial charge in [-0.05, 0) is 24.0 Å². The van der Waals surface area contributed by atoms with Crippen LogP contribution in [0.15, 0.2) is 60.7 Å². The molecule has 0 unspecified atom stereocenters. The number of Topliss-reactive ketones (excluding diaryl/α,β-unsaturated/α-hetero) is 1. The number of benzene rings is 2. The predicted octanol–water partition coefficient (Wildman–Crippen LogP) is 2.48. The first-order valence-electron chi connectivity index (χ1n) is 11.2. The van der Waals surface area contributed by atoms with Gasteiger partial charge in [0.2, 0.25) is 11.8 Å². The number of ketones is 1. The van der Waals surface area contributed by atoms with Gasteiger partial charge in [0.1, 0.15) is 18.6 Å². The number of ether oxygens (including phenoxy) is 2. The quantitative estimate of drug-likeness (QED) is 0.428. The summed E-state index contributed by atoms with van der Waals surface area (Å²) >= 11 is 0. The molecule has 7 nitrogen and oxygen atoms in total. The fourth-order valence-corrected chi connectivity index (χ4v) is 3.84. The van der Waals surface area contributed by atoms with Gasteiger partial charge in [0.15, 0.2) is 5.78 Å². The zero-order valence-corrected chi connectivity index (χ0v) is 19.6. The summed E-state index contributed by atoms with van der Waals surface area (Å²) < 4.78 is 10.5. The zero-order valence-electron chi connectivity index (χ0n) is 19.6. The van der Waals surface area contributed by atoms with Crippen molar-refractivity contribution in [2.75, 3.05) is 39.5 Å². The van der Waals surface area contributed by atoms with Gasteiger partial charge in [-0.15, -0.1) is 0 Å². The van der Waals surface area contributed by atoms with Gasteiger partial charge < -0.3 is 20.1 Å². The topological polar surface area (TPSA) is 93.7 Å². The van der Waals surface area contributed by atoms with Crippen molar-refractivity contribution in [3.8, 4) is 0 Å². The number of nitrogens with one attached hydrogen (secondary N) is 2. The van der Waals surface area contributed by atoms with Crippen molar-refractivity contribution in [2.24, 2.45) is 5.92 Å². The van der Waals surface area contributed by atoms with E-state index in [0.717, 1.165) is 11.1 Å². The molecule has 0 atom stereocenters. The largest absolute Gasteiger partial charge is 0.378 e. The van der Waals surface area contributed by atoms with Gasteiger partial charge in [0, 0.05) is 13.1 Å². The molecule has 0 saturated heterocycles. The number of hydrogen-bond acceptors (Lipinski definition) is 5. The lowest BCUT2D eigenvalue weighted by atomic mass is 9.66. The number of carbonyl (C=O) groups is 3. The Hall–Kier alpha value is -3.03. The molecule has 2 aromatic carbocycles. The summed E-state index contributed by atoms with van der Waals surface area (Å²) in [5.41, 5.74) is 1.06. The molecule has 33 heavy (non-hydrogen) atoms. The molecule has 0 fully saturated rings. The Kier molecular flexibility index (Phi) is 10.7. The minimum atomic E-state index is -0.823. The minimum absolute atomic E-state index is 0.0173. The van der Waals surface area contributed by atoms with Crippen LogP contribution in [0.4, 0.5) is 0 Å².